The molecule has 0 aliphatic carbocycles. The Morgan fingerprint density at radius 2 is 2.14 bits per heavy atom. The molecule has 1 aliphatic rings. The van der Waals surface area contributed by atoms with Crippen molar-refractivity contribution in [3.63, 3.8) is 0 Å². The molecule has 0 saturated carbocycles. The van der Waals surface area contributed by atoms with E-state index < -0.39 is 4.92 Å². The topological polar surface area (TPSA) is 129 Å². The maximum Gasteiger partial charge on any atom is 0.276 e. The van der Waals surface area contributed by atoms with Gasteiger partial charge in [-0.3, -0.25) is 14.9 Å². The number of hydrogen-bond donors (Lipinski definition) is 1. The van der Waals surface area contributed by atoms with Crippen LogP contribution in [0.25, 0.3) is 5.69 Å². The molecule has 2 aromatic rings. The first-order valence-corrected chi connectivity index (χ1v) is 9.29. The van der Waals surface area contributed by atoms with E-state index in [4.69, 9.17) is 10.5 Å². The van der Waals surface area contributed by atoms with Crippen molar-refractivity contribution in [3.05, 3.63) is 45.8 Å². The largest absolute Gasteiger partial charge is 0.378 e. The minimum atomic E-state index is -0.471. The number of hydrogen-bond acceptors (Lipinski definition) is 7. The Morgan fingerprint density at radius 1 is 1.39 bits per heavy atom. The van der Waals surface area contributed by atoms with Crippen LogP contribution >= 0.6 is 0 Å². The summed E-state index contributed by atoms with van der Waals surface area (Å²) in [6.07, 6.45) is 2.53. The Morgan fingerprint density at radius 3 is 2.82 bits per heavy atom. The summed E-state index contributed by atoms with van der Waals surface area (Å²) in [5.74, 6) is -0.186. The summed E-state index contributed by atoms with van der Waals surface area (Å²) in [5.41, 5.74) is 6.72. The number of non-ortho nitro benzene ring substituents is 1. The van der Waals surface area contributed by atoms with Gasteiger partial charge >= 0.3 is 0 Å². The number of carbonyl (C=O) groups excluding carboxylic acids is 1. The second kappa shape index (κ2) is 8.89. The van der Waals surface area contributed by atoms with E-state index in [9.17, 15) is 14.9 Å². The highest BCUT2D eigenvalue weighted by Crippen LogP contribution is 2.21. The number of carbonyl (C=O) groups is 1. The number of piperidine rings is 1. The molecule has 10 nitrogen and oxygen atoms in total. The van der Waals surface area contributed by atoms with Crippen LogP contribution in [-0.4, -0.2) is 63.1 Å². The number of rotatable bonds is 7. The van der Waals surface area contributed by atoms with Gasteiger partial charge in [0.2, 0.25) is 0 Å². The molecule has 2 heterocycles. The van der Waals surface area contributed by atoms with Crippen molar-refractivity contribution < 1.29 is 14.5 Å². The molecule has 1 saturated heterocycles. The number of likely N-dealkylation sites (tertiary alicyclic amines) is 1. The van der Waals surface area contributed by atoms with E-state index in [0.717, 1.165) is 19.3 Å². The van der Waals surface area contributed by atoms with Gasteiger partial charge in [-0.25, -0.2) is 4.68 Å². The van der Waals surface area contributed by atoms with Crippen LogP contribution in [0.1, 0.15) is 35.4 Å². The van der Waals surface area contributed by atoms with Crippen molar-refractivity contribution in [2.45, 2.75) is 32.3 Å². The number of nitrogens with zero attached hydrogens (tertiary/aromatic N) is 5. The zero-order chi connectivity index (χ0) is 20.1. The number of nitro groups is 1. The van der Waals surface area contributed by atoms with Gasteiger partial charge in [0, 0.05) is 31.8 Å². The number of amides is 1. The highest BCUT2D eigenvalue weighted by Gasteiger charge is 2.27. The minimum absolute atomic E-state index is 0.0445. The zero-order valence-electron chi connectivity index (χ0n) is 15.8. The Kier molecular flexibility index (Phi) is 6.32. The molecule has 28 heavy (non-hydrogen) atoms. The lowest BCUT2D eigenvalue weighted by atomic mass is 10.1. The quantitative estimate of drug-likeness (QED) is 0.432. The minimum Gasteiger partial charge on any atom is -0.378 e. The molecule has 0 unspecified atom stereocenters. The summed E-state index contributed by atoms with van der Waals surface area (Å²) >= 11 is 0. The normalized spacial score (nSPS) is 15.0. The number of benzene rings is 1. The number of ether oxygens (including phenoxy) is 1. The number of nitrogens with two attached hydrogens (primary N) is 1. The van der Waals surface area contributed by atoms with E-state index in [0.29, 0.717) is 37.6 Å². The molecule has 3 rings (SSSR count). The molecular weight excluding hydrogens is 364 g/mol. The van der Waals surface area contributed by atoms with Crippen LogP contribution in [0.3, 0.4) is 0 Å². The lowest BCUT2D eigenvalue weighted by Crippen LogP contribution is -2.41. The van der Waals surface area contributed by atoms with E-state index in [-0.39, 0.29) is 23.4 Å². The Labute approximate surface area is 162 Å². The molecule has 1 amide bonds. The third kappa shape index (κ3) is 4.34. The molecule has 150 valence electrons. The maximum atomic E-state index is 12.9. The highest BCUT2D eigenvalue weighted by atomic mass is 16.6. The SMILES string of the molecule is Cc1c(C(=O)N2CCC(OCCCN)CC2)nnn1-c1cccc([N+](=O)[O-])c1. The van der Waals surface area contributed by atoms with Crippen LogP contribution in [0.2, 0.25) is 0 Å². The lowest BCUT2D eigenvalue weighted by Gasteiger charge is -2.31. The van der Waals surface area contributed by atoms with Gasteiger partial charge in [-0.05, 0) is 38.8 Å². The second-order valence-corrected chi connectivity index (χ2v) is 6.72. The molecular formula is C18H24N6O4. The third-order valence-electron chi connectivity index (χ3n) is 4.81. The fraction of sp³-hybridized carbons (Fsp3) is 0.500. The fourth-order valence-corrected chi connectivity index (χ4v) is 3.22. The van der Waals surface area contributed by atoms with E-state index in [1.54, 1.807) is 24.0 Å². The van der Waals surface area contributed by atoms with Gasteiger partial charge in [0.05, 0.1) is 22.4 Å². The van der Waals surface area contributed by atoms with Crippen molar-refractivity contribution in [1.29, 1.82) is 0 Å². The third-order valence-corrected chi connectivity index (χ3v) is 4.81. The summed E-state index contributed by atoms with van der Waals surface area (Å²) in [6.45, 7) is 4.17. The fourth-order valence-electron chi connectivity index (χ4n) is 3.22. The lowest BCUT2D eigenvalue weighted by molar-refractivity contribution is -0.384. The standard InChI is InChI=1S/C18H24N6O4/c1-13-17(18(25)22-9-6-16(7-10-22)28-11-3-8-19)20-21-23(13)14-4-2-5-15(12-14)24(26)27/h2,4-5,12,16H,3,6-11,19H2,1H3. The van der Waals surface area contributed by atoms with Gasteiger partial charge in [-0.2, -0.15) is 0 Å². The summed E-state index contributed by atoms with van der Waals surface area (Å²) in [5, 5.41) is 19.0. The van der Waals surface area contributed by atoms with Crippen LogP contribution < -0.4 is 5.73 Å². The summed E-state index contributed by atoms with van der Waals surface area (Å²) < 4.78 is 7.22. The molecule has 1 aromatic heterocycles. The molecule has 2 N–H and O–H groups in total. The summed E-state index contributed by atoms with van der Waals surface area (Å²) in [7, 11) is 0. The highest BCUT2D eigenvalue weighted by molar-refractivity contribution is 5.93. The monoisotopic (exact) mass is 388 g/mol. The molecule has 0 radical (unpaired) electrons. The molecule has 10 heteroatoms. The van der Waals surface area contributed by atoms with Crippen molar-refractivity contribution in [2.75, 3.05) is 26.2 Å². The molecule has 1 aromatic carbocycles. The first-order valence-electron chi connectivity index (χ1n) is 9.29. The molecule has 0 spiro atoms. The second-order valence-electron chi connectivity index (χ2n) is 6.72. The van der Waals surface area contributed by atoms with E-state index in [1.807, 2.05) is 0 Å². The van der Waals surface area contributed by atoms with Gasteiger partial charge in [0.15, 0.2) is 5.69 Å². The Bertz CT molecular complexity index is 844. The van der Waals surface area contributed by atoms with Gasteiger partial charge in [0.25, 0.3) is 11.6 Å². The molecule has 0 atom stereocenters. The summed E-state index contributed by atoms with van der Waals surface area (Å²) in [4.78, 5) is 25.1. The van der Waals surface area contributed by atoms with Crippen molar-refractivity contribution in [1.82, 2.24) is 19.9 Å². The summed E-state index contributed by atoms with van der Waals surface area (Å²) in [6, 6.07) is 6.07. The number of nitro benzene ring substituents is 1. The van der Waals surface area contributed by atoms with Crippen molar-refractivity contribution in [3.8, 4) is 5.69 Å². The first kappa shape index (κ1) is 19.9. The predicted molar refractivity (Wildman–Crippen MR) is 101 cm³/mol. The van der Waals surface area contributed by atoms with Crippen LogP contribution in [-0.2, 0) is 4.74 Å². The first-order chi connectivity index (χ1) is 13.5. The number of aromatic nitrogens is 3. The van der Waals surface area contributed by atoms with E-state index in [2.05, 4.69) is 10.3 Å². The average molecular weight is 388 g/mol. The van der Waals surface area contributed by atoms with Gasteiger partial charge in [0.1, 0.15) is 0 Å². The molecule has 0 bridgehead atoms. The average Bonchev–Trinajstić information content (AvgIpc) is 3.09. The van der Waals surface area contributed by atoms with Crippen LogP contribution in [0, 0.1) is 17.0 Å². The van der Waals surface area contributed by atoms with Gasteiger partial charge < -0.3 is 15.4 Å². The van der Waals surface area contributed by atoms with Crippen molar-refractivity contribution in [2.24, 2.45) is 5.73 Å². The van der Waals surface area contributed by atoms with Gasteiger partial charge in [-0.1, -0.05) is 11.3 Å². The maximum absolute atomic E-state index is 12.9. The molecule has 1 aliphatic heterocycles. The predicted octanol–water partition coefficient (Wildman–Crippen LogP) is 1.45. The smallest absolute Gasteiger partial charge is 0.276 e. The Balaban J connectivity index is 1.68. The van der Waals surface area contributed by atoms with Crippen LogP contribution in [0.4, 0.5) is 5.69 Å². The van der Waals surface area contributed by atoms with Crippen LogP contribution in [0.15, 0.2) is 24.3 Å². The van der Waals surface area contributed by atoms with E-state index >= 15 is 0 Å². The van der Waals surface area contributed by atoms with Crippen molar-refractivity contribution >= 4 is 11.6 Å². The van der Waals surface area contributed by atoms with Gasteiger partial charge in [-0.15, -0.1) is 5.10 Å². The van der Waals surface area contributed by atoms with Crippen LogP contribution in [0.5, 0.6) is 0 Å². The molecule has 1 fully saturated rings. The zero-order valence-corrected chi connectivity index (χ0v) is 15.8. The Hall–Kier alpha value is -2.85. The van der Waals surface area contributed by atoms with E-state index in [1.165, 1.54) is 16.8 Å².